The van der Waals surface area contributed by atoms with Gasteiger partial charge in [-0.25, -0.2) is 4.79 Å². The van der Waals surface area contributed by atoms with Crippen LogP contribution in [0.2, 0.25) is 0 Å². The monoisotopic (exact) mass is 224 g/mol. The molecule has 0 aromatic heterocycles. The number of nitrogens with two attached hydrogens (primary N) is 2. The molecule has 0 saturated carbocycles. The number of aromatic carboxylic acids is 1. The molecule has 90 valence electrons. The predicted molar refractivity (Wildman–Crippen MR) is 67.8 cm³/mol. The van der Waals surface area contributed by atoms with Gasteiger partial charge in [0.25, 0.3) is 0 Å². The Hall–Kier alpha value is -1.71. The molecule has 0 aliphatic carbocycles. The summed E-state index contributed by atoms with van der Waals surface area (Å²) in [5, 5.41) is 8.98. The van der Waals surface area contributed by atoms with Crippen LogP contribution in [0.25, 0.3) is 0 Å². The fourth-order valence-corrected chi connectivity index (χ4v) is 1.58. The Morgan fingerprint density at radius 3 is 1.50 bits per heavy atom. The highest BCUT2D eigenvalue weighted by Gasteiger charge is 2.17. The lowest BCUT2D eigenvalue weighted by atomic mass is 9.95. The molecule has 16 heavy (non-hydrogen) atoms. The van der Waals surface area contributed by atoms with Crippen molar-refractivity contribution in [2.24, 2.45) is 0 Å². The van der Waals surface area contributed by atoms with Crippen LogP contribution < -0.4 is 11.5 Å². The Morgan fingerprint density at radius 2 is 1.25 bits per heavy atom. The van der Waals surface area contributed by atoms with Crippen molar-refractivity contribution in [3.63, 3.8) is 0 Å². The van der Waals surface area contributed by atoms with Crippen LogP contribution in [-0.2, 0) is 0 Å². The molecule has 0 atom stereocenters. The van der Waals surface area contributed by atoms with Gasteiger partial charge in [-0.05, 0) is 37.5 Å². The molecule has 0 radical (unpaired) electrons. The second kappa shape index (κ2) is 5.39. The third-order valence-corrected chi connectivity index (χ3v) is 2.58. The van der Waals surface area contributed by atoms with Crippen LogP contribution in [0.4, 0.5) is 11.4 Å². The van der Waals surface area contributed by atoms with Gasteiger partial charge in [0.05, 0.1) is 5.56 Å². The van der Waals surface area contributed by atoms with E-state index in [-0.39, 0.29) is 5.56 Å². The lowest BCUT2D eigenvalue weighted by Gasteiger charge is -2.14. The summed E-state index contributed by atoms with van der Waals surface area (Å²) in [4.78, 5) is 10.9. The fraction of sp³-hybridized carbons (Fsp3) is 0.417. The van der Waals surface area contributed by atoms with Crippen LogP contribution in [-0.4, -0.2) is 11.1 Å². The number of carboxylic acids is 1. The third kappa shape index (κ3) is 2.27. The maximum Gasteiger partial charge on any atom is 0.336 e. The van der Waals surface area contributed by atoms with Gasteiger partial charge in [-0.1, -0.05) is 13.8 Å². The molecule has 4 heteroatoms. The van der Waals surface area contributed by atoms with Gasteiger partial charge < -0.3 is 16.6 Å². The van der Waals surface area contributed by atoms with E-state index in [0.717, 1.165) is 5.56 Å². The lowest BCUT2D eigenvalue weighted by molar-refractivity contribution is 0.0695. The van der Waals surface area contributed by atoms with Crippen molar-refractivity contribution in [3.8, 4) is 0 Å². The molecule has 0 spiro atoms. The minimum absolute atomic E-state index is 0.214. The van der Waals surface area contributed by atoms with Gasteiger partial charge in [0.1, 0.15) is 0 Å². The van der Waals surface area contributed by atoms with E-state index in [2.05, 4.69) is 0 Å². The van der Waals surface area contributed by atoms with Gasteiger partial charge in [0.2, 0.25) is 0 Å². The van der Waals surface area contributed by atoms with Gasteiger partial charge >= 0.3 is 5.97 Å². The Bertz CT molecular complexity index is 383. The molecule has 0 fully saturated rings. The molecule has 0 saturated heterocycles. The van der Waals surface area contributed by atoms with E-state index in [4.69, 9.17) is 16.6 Å². The molecule has 0 heterocycles. The van der Waals surface area contributed by atoms with Crippen LogP contribution in [0.15, 0.2) is 0 Å². The Labute approximate surface area is 96.3 Å². The Balaban J connectivity index is 0.00000106. The van der Waals surface area contributed by atoms with E-state index in [1.807, 2.05) is 13.8 Å². The van der Waals surface area contributed by atoms with Gasteiger partial charge in [0.15, 0.2) is 0 Å². The standard InChI is InChI=1S/C10H14N2O2.C2H6/c1-4-7(10(13)14)5(2)9(12)6(3)8(4)11;1-2/h11-12H2,1-3H3,(H,13,14);1-2H3. The van der Waals surface area contributed by atoms with E-state index in [1.165, 1.54) is 0 Å². The van der Waals surface area contributed by atoms with Crippen molar-refractivity contribution in [3.05, 3.63) is 22.3 Å². The second-order valence-corrected chi connectivity index (χ2v) is 3.38. The van der Waals surface area contributed by atoms with Crippen LogP contribution >= 0.6 is 0 Å². The maximum atomic E-state index is 10.9. The summed E-state index contributed by atoms with van der Waals surface area (Å²) in [6, 6.07) is 0. The molecule has 0 bridgehead atoms. The van der Waals surface area contributed by atoms with E-state index in [9.17, 15) is 4.79 Å². The maximum absolute atomic E-state index is 10.9. The smallest absolute Gasteiger partial charge is 0.336 e. The first-order chi connectivity index (χ1) is 7.37. The number of nitrogen functional groups attached to an aromatic ring is 2. The van der Waals surface area contributed by atoms with Crippen molar-refractivity contribution in [1.82, 2.24) is 0 Å². The summed E-state index contributed by atoms with van der Waals surface area (Å²) in [5.41, 5.74) is 14.6. The van der Waals surface area contributed by atoms with Crippen molar-refractivity contribution in [2.45, 2.75) is 34.6 Å². The molecule has 0 amide bonds. The number of carbonyl (C=O) groups is 1. The number of hydrogen-bond donors (Lipinski definition) is 3. The van der Waals surface area contributed by atoms with Crippen LogP contribution in [0, 0.1) is 20.8 Å². The highest BCUT2D eigenvalue weighted by molar-refractivity contribution is 5.95. The lowest BCUT2D eigenvalue weighted by Crippen LogP contribution is -2.10. The molecule has 1 aromatic rings. The minimum atomic E-state index is -0.988. The number of benzene rings is 1. The molecule has 0 unspecified atom stereocenters. The highest BCUT2D eigenvalue weighted by Crippen LogP contribution is 2.30. The summed E-state index contributed by atoms with van der Waals surface area (Å²) < 4.78 is 0. The fourth-order valence-electron chi connectivity index (χ4n) is 1.58. The van der Waals surface area contributed by atoms with Crippen molar-refractivity contribution < 1.29 is 9.90 Å². The van der Waals surface area contributed by atoms with Gasteiger partial charge in [-0.15, -0.1) is 0 Å². The van der Waals surface area contributed by atoms with E-state index < -0.39 is 5.97 Å². The summed E-state index contributed by atoms with van der Waals surface area (Å²) in [6.07, 6.45) is 0. The average Bonchev–Trinajstić information content (AvgIpc) is 2.26. The molecule has 0 aliphatic rings. The van der Waals surface area contributed by atoms with E-state index in [1.54, 1.807) is 20.8 Å². The molecule has 4 nitrogen and oxygen atoms in total. The zero-order valence-corrected chi connectivity index (χ0v) is 10.5. The van der Waals surface area contributed by atoms with Crippen LogP contribution in [0.1, 0.15) is 40.9 Å². The first-order valence-electron chi connectivity index (χ1n) is 5.26. The van der Waals surface area contributed by atoms with Gasteiger partial charge in [-0.2, -0.15) is 0 Å². The first-order valence-corrected chi connectivity index (χ1v) is 5.26. The molecule has 1 aromatic carbocycles. The topological polar surface area (TPSA) is 89.3 Å². The van der Waals surface area contributed by atoms with Crippen molar-refractivity contribution in [1.29, 1.82) is 0 Å². The van der Waals surface area contributed by atoms with E-state index >= 15 is 0 Å². The molecule has 1 rings (SSSR count). The average molecular weight is 224 g/mol. The Kier molecular flexibility index (Phi) is 4.82. The normalized spacial score (nSPS) is 9.31. The molecular weight excluding hydrogens is 204 g/mol. The van der Waals surface area contributed by atoms with Gasteiger partial charge in [0, 0.05) is 11.4 Å². The molecular formula is C12H20N2O2. The number of hydrogen-bond acceptors (Lipinski definition) is 3. The van der Waals surface area contributed by atoms with Crippen molar-refractivity contribution >= 4 is 17.3 Å². The predicted octanol–water partition coefficient (Wildman–Crippen LogP) is 2.50. The van der Waals surface area contributed by atoms with Crippen molar-refractivity contribution in [2.75, 3.05) is 11.5 Å². The van der Waals surface area contributed by atoms with Crippen LogP contribution in [0.3, 0.4) is 0 Å². The first kappa shape index (κ1) is 14.3. The zero-order chi connectivity index (χ0) is 13.0. The Morgan fingerprint density at radius 1 is 0.938 bits per heavy atom. The number of anilines is 2. The molecule has 5 N–H and O–H groups in total. The summed E-state index contributed by atoms with van der Waals surface area (Å²) in [6.45, 7) is 9.17. The highest BCUT2D eigenvalue weighted by atomic mass is 16.4. The molecule has 0 aliphatic heterocycles. The summed E-state index contributed by atoms with van der Waals surface area (Å²) in [7, 11) is 0. The summed E-state index contributed by atoms with van der Waals surface area (Å²) >= 11 is 0. The summed E-state index contributed by atoms with van der Waals surface area (Å²) in [5.74, 6) is -0.988. The number of rotatable bonds is 1. The quantitative estimate of drug-likeness (QED) is 0.639. The minimum Gasteiger partial charge on any atom is -0.478 e. The zero-order valence-electron chi connectivity index (χ0n) is 10.5. The van der Waals surface area contributed by atoms with E-state index in [0.29, 0.717) is 22.5 Å². The largest absolute Gasteiger partial charge is 0.478 e. The number of carboxylic acid groups (broad SMARTS) is 1. The van der Waals surface area contributed by atoms with Crippen LogP contribution in [0.5, 0.6) is 0 Å². The SMILES string of the molecule is CC.Cc1c(N)c(C)c(C(=O)O)c(C)c1N. The second-order valence-electron chi connectivity index (χ2n) is 3.38. The van der Waals surface area contributed by atoms with Gasteiger partial charge in [-0.3, -0.25) is 0 Å². The third-order valence-electron chi connectivity index (χ3n) is 2.58.